The lowest BCUT2D eigenvalue weighted by Gasteiger charge is -2.29. The summed E-state index contributed by atoms with van der Waals surface area (Å²) < 4.78 is 22.3. The highest BCUT2D eigenvalue weighted by atomic mass is 35.5. The van der Waals surface area contributed by atoms with Crippen molar-refractivity contribution in [2.45, 2.75) is 50.8 Å². The summed E-state index contributed by atoms with van der Waals surface area (Å²) >= 11 is 0. The second-order valence-corrected chi connectivity index (χ2v) is 9.69. The van der Waals surface area contributed by atoms with Gasteiger partial charge in [0.25, 0.3) is 5.91 Å². The SMILES string of the molecule is Cl.O=C1CCC(N2Cc3c(NC(=O)CCOCCOCCOCCOC4CCNCC4)cccc3C2=O)C(=O)N1. The van der Waals surface area contributed by atoms with Crippen molar-refractivity contribution in [3.63, 3.8) is 0 Å². The summed E-state index contributed by atoms with van der Waals surface area (Å²) in [6, 6.07) is 4.40. The van der Waals surface area contributed by atoms with Crippen LogP contribution in [-0.4, -0.2) is 100 Å². The number of hydrogen-bond acceptors (Lipinski definition) is 9. The molecule has 3 aliphatic heterocycles. The Morgan fingerprint density at radius 2 is 1.60 bits per heavy atom. The van der Waals surface area contributed by atoms with Gasteiger partial charge in [-0.3, -0.25) is 24.5 Å². The quantitative estimate of drug-likeness (QED) is 0.204. The van der Waals surface area contributed by atoms with E-state index in [1.807, 2.05) is 0 Å². The fraction of sp³-hybridized carbons (Fsp3) is 0.630. The van der Waals surface area contributed by atoms with Crippen molar-refractivity contribution in [2.24, 2.45) is 0 Å². The number of benzene rings is 1. The fourth-order valence-electron chi connectivity index (χ4n) is 4.86. The highest BCUT2D eigenvalue weighted by Crippen LogP contribution is 2.32. The van der Waals surface area contributed by atoms with Gasteiger partial charge in [0.2, 0.25) is 17.7 Å². The number of fused-ring (bicyclic) bond motifs is 1. The molecule has 3 heterocycles. The minimum atomic E-state index is -0.702. The van der Waals surface area contributed by atoms with Gasteiger partial charge in [0.05, 0.1) is 58.8 Å². The van der Waals surface area contributed by atoms with Gasteiger partial charge < -0.3 is 34.5 Å². The molecule has 1 aromatic carbocycles. The molecule has 12 nitrogen and oxygen atoms in total. The molecule has 1 unspecified atom stereocenters. The molecule has 0 aliphatic carbocycles. The van der Waals surface area contributed by atoms with Crippen LogP contribution in [0.2, 0.25) is 0 Å². The number of nitrogens with one attached hydrogen (secondary N) is 3. The lowest BCUT2D eigenvalue weighted by molar-refractivity contribution is -0.137. The van der Waals surface area contributed by atoms with Crippen LogP contribution in [0.1, 0.15) is 48.0 Å². The van der Waals surface area contributed by atoms with Crippen molar-refractivity contribution in [1.29, 1.82) is 0 Å². The summed E-state index contributed by atoms with van der Waals surface area (Å²) in [6.07, 6.45) is 3.05. The summed E-state index contributed by atoms with van der Waals surface area (Å²) in [5.41, 5.74) is 1.64. The first-order valence-corrected chi connectivity index (χ1v) is 13.6. The second-order valence-electron chi connectivity index (χ2n) is 9.69. The van der Waals surface area contributed by atoms with Gasteiger partial charge in [0.15, 0.2) is 0 Å². The van der Waals surface area contributed by atoms with Crippen LogP contribution >= 0.6 is 12.4 Å². The Labute approximate surface area is 240 Å². The first-order valence-electron chi connectivity index (χ1n) is 13.6. The highest BCUT2D eigenvalue weighted by Gasteiger charge is 2.39. The third kappa shape index (κ3) is 9.22. The van der Waals surface area contributed by atoms with Crippen LogP contribution in [0.25, 0.3) is 0 Å². The Hall–Kier alpha value is -2.61. The van der Waals surface area contributed by atoms with Crippen LogP contribution in [-0.2, 0) is 39.9 Å². The maximum absolute atomic E-state index is 12.9. The third-order valence-electron chi connectivity index (χ3n) is 6.94. The zero-order chi connectivity index (χ0) is 27.5. The molecule has 0 radical (unpaired) electrons. The van der Waals surface area contributed by atoms with E-state index in [1.54, 1.807) is 18.2 Å². The molecule has 222 valence electrons. The number of carbonyl (C=O) groups excluding carboxylic acids is 4. The van der Waals surface area contributed by atoms with Crippen LogP contribution in [0.5, 0.6) is 0 Å². The summed E-state index contributed by atoms with van der Waals surface area (Å²) in [4.78, 5) is 50.6. The molecule has 4 amide bonds. The van der Waals surface area contributed by atoms with Gasteiger partial charge in [0.1, 0.15) is 6.04 Å². The molecule has 2 fully saturated rings. The van der Waals surface area contributed by atoms with Gasteiger partial charge >= 0.3 is 0 Å². The zero-order valence-corrected chi connectivity index (χ0v) is 23.4. The number of carbonyl (C=O) groups is 4. The first kappa shape index (κ1) is 31.9. The molecule has 1 aromatic rings. The Bertz CT molecular complexity index is 1020. The number of rotatable bonds is 15. The molecular weight excluding hydrogens is 544 g/mol. The van der Waals surface area contributed by atoms with Gasteiger partial charge in [-0.15, -0.1) is 12.4 Å². The Balaban J connectivity index is 0.00000441. The van der Waals surface area contributed by atoms with E-state index in [9.17, 15) is 19.2 Å². The van der Waals surface area contributed by atoms with Crippen LogP contribution in [0, 0.1) is 0 Å². The Morgan fingerprint density at radius 1 is 0.925 bits per heavy atom. The van der Waals surface area contributed by atoms with Gasteiger partial charge in [-0.2, -0.15) is 0 Å². The van der Waals surface area contributed by atoms with Crippen molar-refractivity contribution in [2.75, 3.05) is 64.7 Å². The van der Waals surface area contributed by atoms with Crippen molar-refractivity contribution in [3.8, 4) is 0 Å². The number of halogens is 1. The number of imide groups is 1. The number of anilines is 1. The van der Waals surface area contributed by atoms with E-state index >= 15 is 0 Å². The number of hydrogen-bond donors (Lipinski definition) is 3. The van der Waals surface area contributed by atoms with E-state index in [-0.39, 0.29) is 62.5 Å². The van der Waals surface area contributed by atoms with E-state index in [1.165, 1.54) is 4.90 Å². The van der Waals surface area contributed by atoms with Crippen molar-refractivity contribution in [3.05, 3.63) is 29.3 Å². The molecule has 3 aliphatic rings. The molecule has 3 N–H and O–H groups in total. The summed E-state index contributed by atoms with van der Waals surface area (Å²) in [5.74, 6) is -1.32. The molecule has 40 heavy (non-hydrogen) atoms. The van der Waals surface area contributed by atoms with Crippen molar-refractivity contribution in [1.82, 2.24) is 15.5 Å². The highest BCUT2D eigenvalue weighted by molar-refractivity contribution is 6.06. The molecule has 1 atom stereocenters. The van der Waals surface area contributed by atoms with Crippen LogP contribution in [0.15, 0.2) is 18.2 Å². The molecule has 0 bridgehead atoms. The average Bonchev–Trinajstić information content (AvgIpc) is 3.27. The monoisotopic (exact) mass is 582 g/mol. The molecule has 0 spiro atoms. The van der Waals surface area contributed by atoms with Gasteiger partial charge in [-0.05, 0) is 44.5 Å². The molecule has 0 saturated carbocycles. The minimum absolute atomic E-state index is 0. The predicted octanol–water partition coefficient (Wildman–Crippen LogP) is 1.02. The van der Waals surface area contributed by atoms with E-state index < -0.39 is 11.9 Å². The van der Waals surface area contributed by atoms with Crippen LogP contribution in [0.3, 0.4) is 0 Å². The third-order valence-corrected chi connectivity index (χ3v) is 6.94. The van der Waals surface area contributed by atoms with Crippen LogP contribution < -0.4 is 16.0 Å². The minimum Gasteiger partial charge on any atom is -0.379 e. The Kier molecular flexibility index (Phi) is 13.2. The van der Waals surface area contributed by atoms with E-state index in [2.05, 4.69) is 16.0 Å². The van der Waals surface area contributed by atoms with Crippen LogP contribution in [0.4, 0.5) is 5.69 Å². The topological polar surface area (TPSA) is 145 Å². The number of ether oxygens (including phenoxy) is 4. The lowest BCUT2D eigenvalue weighted by atomic mass is 10.0. The molecule has 0 aromatic heterocycles. The van der Waals surface area contributed by atoms with Gasteiger partial charge in [-0.1, -0.05) is 6.07 Å². The number of nitrogens with zero attached hydrogens (tertiary/aromatic N) is 1. The van der Waals surface area contributed by atoms with Gasteiger partial charge in [-0.25, -0.2) is 0 Å². The standard InChI is InChI=1S/C27H38N4O8.ClH/c32-24-5-4-23(26(34)30-24)31-18-21-20(27(31)35)2-1-3-22(21)29-25(33)8-11-36-12-13-37-14-15-38-16-17-39-19-6-9-28-10-7-19;/h1-3,19,23,28H,4-18H2,(H,29,33)(H,30,32,34);1H. The van der Waals surface area contributed by atoms with Crippen molar-refractivity contribution >= 4 is 41.7 Å². The lowest BCUT2D eigenvalue weighted by Crippen LogP contribution is -2.52. The van der Waals surface area contributed by atoms with E-state index in [4.69, 9.17) is 18.9 Å². The second kappa shape index (κ2) is 16.6. The van der Waals surface area contributed by atoms with Gasteiger partial charge in [0, 0.05) is 29.8 Å². The maximum Gasteiger partial charge on any atom is 0.255 e. The number of piperidine rings is 2. The molecular formula is C27H39ClN4O8. The predicted molar refractivity (Wildman–Crippen MR) is 147 cm³/mol. The first-order chi connectivity index (χ1) is 19.0. The average molecular weight is 583 g/mol. The fourth-order valence-corrected chi connectivity index (χ4v) is 4.86. The summed E-state index contributed by atoms with van der Waals surface area (Å²) in [5, 5.41) is 8.44. The number of amides is 4. The maximum atomic E-state index is 12.9. The van der Waals surface area contributed by atoms with E-state index in [0.717, 1.165) is 25.9 Å². The molecule has 4 rings (SSSR count). The largest absolute Gasteiger partial charge is 0.379 e. The summed E-state index contributed by atoms with van der Waals surface area (Å²) in [7, 11) is 0. The normalized spacial score (nSPS) is 19.2. The summed E-state index contributed by atoms with van der Waals surface area (Å²) in [6.45, 7) is 5.31. The van der Waals surface area contributed by atoms with Crippen molar-refractivity contribution < 1.29 is 38.1 Å². The molecule has 13 heteroatoms. The smallest absolute Gasteiger partial charge is 0.255 e. The van der Waals surface area contributed by atoms with E-state index in [0.29, 0.717) is 62.6 Å². The Morgan fingerprint density at radius 3 is 2.30 bits per heavy atom. The zero-order valence-electron chi connectivity index (χ0n) is 22.6. The molecule has 2 saturated heterocycles.